The summed E-state index contributed by atoms with van der Waals surface area (Å²) in [5.74, 6) is 0.814. The van der Waals surface area contributed by atoms with E-state index in [-0.39, 0.29) is 0 Å². The van der Waals surface area contributed by atoms with Gasteiger partial charge in [0.05, 0.1) is 12.3 Å². The minimum absolute atomic E-state index is 0.300. The highest BCUT2D eigenvalue weighted by Gasteiger charge is 2.10. The summed E-state index contributed by atoms with van der Waals surface area (Å²) in [5.41, 5.74) is 3.76. The van der Waals surface area contributed by atoms with Crippen molar-refractivity contribution >= 4 is 23.4 Å². The van der Waals surface area contributed by atoms with Gasteiger partial charge in [-0.3, -0.25) is 5.32 Å². The predicted molar refractivity (Wildman–Crippen MR) is 97.0 cm³/mol. The number of carbonyl (C=O) groups excluding carboxylic acids is 1. The number of carbonyl (C=O) groups is 1. The van der Waals surface area contributed by atoms with E-state index in [0.717, 1.165) is 23.3 Å². The Morgan fingerprint density at radius 3 is 2.62 bits per heavy atom. The van der Waals surface area contributed by atoms with Gasteiger partial charge in [-0.15, -0.1) is 0 Å². The normalized spacial score (nSPS) is 10.3. The number of rotatable bonds is 6. The SMILES string of the molecule is CCOC(=O)Nc1ccc(Cl)cc1COc1ccc(CC)cc1C. The molecule has 0 aliphatic heterocycles. The van der Waals surface area contributed by atoms with Crippen molar-refractivity contribution in [3.8, 4) is 5.75 Å². The number of benzene rings is 2. The van der Waals surface area contributed by atoms with Crippen LogP contribution in [0.5, 0.6) is 5.75 Å². The summed E-state index contributed by atoms with van der Waals surface area (Å²) in [4.78, 5) is 11.6. The Hall–Kier alpha value is -2.20. The first kappa shape index (κ1) is 18.1. The van der Waals surface area contributed by atoms with Gasteiger partial charge >= 0.3 is 6.09 Å². The van der Waals surface area contributed by atoms with Crippen LogP contribution in [0.4, 0.5) is 10.5 Å². The van der Waals surface area contributed by atoms with Crippen molar-refractivity contribution in [3.05, 3.63) is 58.1 Å². The number of ether oxygens (including phenoxy) is 2. The topological polar surface area (TPSA) is 47.6 Å². The summed E-state index contributed by atoms with van der Waals surface area (Å²) in [5, 5.41) is 3.29. The minimum Gasteiger partial charge on any atom is -0.489 e. The molecule has 0 saturated carbocycles. The van der Waals surface area contributed by atoms with Crippen LogP contribution in [0, 0.1) is 6.92 Å². The molecule has 0 fully saturated rings. The highest BCUT2D eigenvalue weighted by Crippen LogP contribution is 2.25. The number of hydrogen-bond donors (Lipinski definition) is 1. The van der Waals surface area contributed by atoms with Gasteiger partial charge in [-0.1, -0.05) is 30.7 Å². The van der Waals surface area contributed by atoms with Crippen LogP contribution in [0.15, 0.2) is 36.4 Å². The van der Waals surface area contributed by atoms with Gasteiger partial charge in [0.25, 0.3) is 0 Å². The van der Waals surface area contributed by atoms with E-state index in [1.807, 2.05) is 13.0 Å². The molecule has 0 radical (unpaired) electrons. The molecule has 0 heterocycles. The third kappa shape index (κ3) is 4.90. The van der Waals surface area contributed by atoms with Crippen LogP contribution >= 0.6 is 11.6 Å². The quantitative estimate of drug-likeness (QED) is 0.765. The molecule has 0 aliphatic rings. The van der Waals surface area contributed by atoms with Gasteiger partial charge in [0.2, 0.25) is 0 Å². The lowest BCUT2D eigenvalue weighted by molar-refractivity contribution is 0.168. The van der Waals surface area contributed by atoms with Crippen molar-refractivity contribution in [1.82, 2.24) is 0 Å². The zero-order valence-corrected chi connectivity index (χ0v) is 14.9. The highest BCUT2D eigenvalue weighted by atomic mass is 35.5. The number of hydrogen-bond acceptors (Lipinski definition) is 3. The zero-order chi connectivity index (χ0) is 17.5. The number of nitrogens with one attached hydrogen (secondary N) is 1. The number of aryl methyl sites for hydroxylation is 2. The van der Waals surface area contributed by atoms with E-state index in [9.17, 15) is 4.79 Å². The molecule has 0 aliphatic carbocycles. The van der Waals surface area contributed by atoms with Gasteiger partial charge in [0.15, 0.2) is 0 Å². The Balaban J connectivity index is 2.13. The van der Waals surface area contributed by atoms with E-state index < -0.39 is 6.09 Å². The summed E-state index contributed by atoms with van der Waals surface area (Å²) in [7, 11) is 0. The van der Waals surface area contributed by atoms with Crippen LogP contribution in [0.25, 0.3) is 0 Å². The lowest BCUT2D eigenvalue weighted by atomic mass is 10.1. The highest BCUT2D eigenvalue weighted by molar-refractivity contribution is 6.30. The Labute approximate surface area is 147 Å². The molecule has 1 N–H and O–H groups in total. The first-order valence-electron chi connectivity index (χ1n) is 7.98. The molecule has 0 bridgehead atoms. The van der Waals surface area contributed by atoms with Crippen molar-refractivity contribution in [2.75, 3.05) is 11.9 Å². The monoisotopic (exact) mass is 347 g/mol. The second-order valence-corrected chi connectivity index (χ2v) is 5.83. The van der Waals surface area contributed by atoms with Gasteiger partial charge in [-0.25, -0.2) is 4.79 Å². The second-order valence-electron chi connectivity index (χ2n) is 5.39. The molecule has 5 heteroatoms. The molecular weight excluding hydrogens is 326 g/mol. The molecule has 0 atom stereocenters. The summed E-state index contributed by atoms with van der Waals surface area (Å²) >= 11 is 6.07. The summed E-state index contributed by atoms with van der Waals surface area (Å²) in [6, 6.07) is 11.4. The summed E-state index contributed by atoms with van der Waals surface area (Å²) in [6.45, 7) is 6.51. The predicted octanol–water partition coefficient (Wildman–Crippen LogP) is 5.36. The Morgan fingerprint density at radius 2 is 1.96 bits per heavy atom. The van der Waals surface area contributed by atoms with Crippen LogP contribution in [0.1, 0.15) is 30.5 Å². The van der Waals surface area contributed by atoms with Gasteiger partial charge in [-0.2, -0.15) is 0 Å². The molecule has 2 aromatic rings. The third-order valence-electron chi connectivity index (χ3n) is 3.61. The molecule has 0 spiro atoms. The van der Waals surface area contributed by atoms with Gasteiger partial charge in [0, 0.05) is 10.6 Å². The molecule has 128 valence electrons. The van der Waals surface area contributed by atoms with Crippen LogP contribution in [0.2, 0.25) is 5.02 Å². The van der Waals surface area contributed by atoms with Gasteiger partial charge in [0.1, 0.15) is 12.4 Å². The standard InChI is InChI=1S/C19H22ClNO3/c1-4-14-6-9-18(13(3)10-14)24-12-15-11-16(20)7-8-17(15)21-19(22)23-5-2/h6-11H,4-5,12H2,1-3H3,(H,21,22). The molecule has 2 aromatic carbocycles. The lowest BCUT2D eigenvalue weighted by Gasteiger charge is -2.14. The maximum Gasteiger partial charge on any atom is 0.411 e. The van der Waals surface area contributed by atoms with Crippen molar-refractivity contribution in [1.29, 1.82) is 0 Å². The smallest absolute Gasteiger partial charge is 0.411 e. The largest absolute Gasteiger partial charge is 0.489 e. The molecule has 0 unspecified atom stereocenters. The number of amides is 1. The molecule has 24 heavy (non-hydrogen) atoms. The molecule has 0 saturated heterocycles. The van der Waals surface area contributed by atoms with E-state index >= 15 is 0 Å². The fourth-order valence-electron chi connectivity index (χ4n) is 2.33. The second kappa shape index (κ2) is 8.60. The lowest BCUT2D eigenvalue weighted by Crippen LogP contribution is -2.15. The van der Waals surface area contributed by atoms with Crippen molar-refractivity contribution in [2.24, 2.45) is 0 Å². The average Bonchev–Trinajstić information content (AvgIpc) is 2.56. The summed E-state index contributed by atoms with van der Waals surface area (Å²) in [6.07, 6.45) is 0.493. The maximum atomic E-state index is 11.6. The fraction of sp³-hybridized carbons (Fsp3) is 0.316. The van der Waals surface area contributed by atoms with Crippen LogP contribution < -0.4 is 10.1 Å². The fourth-order valence-corrected chi connectivity index (χ4v) is 2.52. The molecule has 1 amide bonds. The first-order chi connectivity index (χ1) is 11.5. The zero-order valence-electron chi connectivity index (χ0n) is 14.2. The average molecular weight is 348 g/mol. The Kier molecular flexibility index (Phi) is 6.50. The number of halogens is 1. The number of anilines is 1. The summed E-state index contributed by atoms with van der Waals surface area (Å²) < 4.78 is 10.8. The van der Waals surface area contributed by atoms with Crippen molar-refractivity contribution in [2.45, 2.75) is 33.8 Å². The van der Waals surface area contributed by atoms with Crippen molar-refractivity contribution < 1.29 is 14.3 Å². The third-order valence-corrected chi connectivity index (χ3v) is 3.85. The first-order valence-corrected chi connectivity index (χ1v) is 8.35. The maximum absolute atomic E-state index is 11.6. The van der Waals surface area contributed by atoms with E-state index in [1.54, 1.807) is 25.1 Å². The van der Waals surface area contributed by atoms with Crippen LogP contribution in [-0.2, 0) is 17.8 Å². The van der Waals surface area contributed by atoms with E-state index in [1.165, 1.54) is 5.56 Å². The van der Waals surface area contributed by atoms with Crippen LogP contribution in [-0.4, -0.2) is 12.7 Å². The van der Waals surface area contributed by atoms with Crippen molar-refractivity contribution in [3.63, 3.8) is 0 Å². The molecule has 4 nitrogen and oxygen atoms in total. The van der Waals surface area contributed by atoms with E-state index in [2.05, 4.69) is 24.4 Å². The van der Waals surface area contributed by atoms with Gasteiger partial charge < -0.3 is 9.47 Å². The Bertz CT molecular complexity index is 716. The Morgan fingerprint density at radius 1 is 1.17 bits per heavy atom. The van der Waals surface area contributed by atoms with Gasteiger partial charge in [-0.05, 0) is 55.7 Å². The molecular formula is C19H22ClNO3. The minimum atomic E-state index is -0.496. The van der Waals surface area contributed by atoms with E-state index in [4.69, 9.17) is 21.1 Å². The van der Waals surface area contributed by atoms with Crippen LogP contribution in [0.3, 0.4) is 0 Å². The molecule has 2 rings (SSSR count). The molecule has 0 aromatic heterocycles. The van der Waals surface area contributed by atoms with E-state index in [0.29, 0.717) is 23.9 Å².